The van der Waals surface area contributed by atoms with Gasteiger partial charge in [-0.25, -0.2) is 0 Å². The Morgan fingerprint density at radius 1 is 1.39 bits per heavy atom. The maximum Gasteiger partial charge on any atom is 0.243 e. The Balaban J connectivity index is 2.18. The van der Waals surface area contributed by atoms with E-state index in [1.54, 1.807) is 0 Å². The minimum absolute atomic E-state index is 0.120. The molecule has 0 unspecified atom stereocenters. The smallest absolute Gasteiger partial charge is 0.243 e. The van der Waals surface area contributed by atoms with Crippen LogP contribution in [-0.2, 0) is 4.79 Å². The van der Waals surface area contributed by atoms with Gasteiger partial charge in [0.15, 0.2) is 0 Å². The van der Waals surface area contributed by atoms with Crippen LogP contribution in [0.3, 0.4) is 0 Å². The summed E-state index contributed by atoms with van der Waals surface area (Å²) in [4.78, 5) is 10.9. The van der Waals surface area contributed by atoms with Gasteiger partial charge in [0.25, 0.3) is 0 Å². The zero-order valence-electron chi connectivity index (χ0n) is 11.2. The number of carbonyl (C=O) groups excluding carboxylic acids is 1. The van der Waals surface area contributed by atoms with Crippen LogP contribution in [0.5, 0.6) is 5.75 Å². The van der Waals surface area contributed by atoms with Crippen molar-refractivity contribution in [2.45, 2.75) is 26.7 Å². The number of aryl methyl sites for hydroxylation is 2. The lowest BCUT2D eigenvalue weighted by Gasteiger charge is -2.09. The third-order valence-corrected chi connectivity index (χ3v) is 2.64. The van der Waals surface area contributed by atoms with Crippen LogP contribution in [0, 0.1) is 13.8 Å². The summed E-state index contributed by atoms with van der Waals surface area (Å²) in [6.07, 6.45) is 3.11. The molecule has 0 aliphatic rings. The molecule has 0 aromatic heterocycles. The highest BCUT2D eigenvalue weighted by Gasteiger charge is 1.99. The molecule has 0 radical (unpaired) electrons. The molecule has 0 aliphatic carbocycles. The SMILES string of the molecule is C=CC(=O)NCCCCOc1ccc(C)cc1C. The lowest BCUT2D eigenvalue weighted by molar-refractivity contribution is -0.116. The van der Waals surface area contributed by atoms with Crippen molar-refractivity contribution in [3.63, 3.8) is 0 Å². The second-order valence-corrected chi connectivity index (χ2v) is 4.32. The van der Waals surface area contributed by atoms with Crippen molar-refractivity contribution in [1.82, 2.24) is 5.32 Å². The third kappa shape index (κ3) is 5.04. The zero-order chi connectivity index (χ0) is 13.4. The third-order valence-electron chi connectivity index (χ3n) is 2.64. The van der Waals surface area contributed by atoms with Crippen LogP contribution < -0.4 is 10.1 Å². The lowest BCUT2D eigenvalue weighted by Crippen LogP contribution is -2.22. The molecule has 0 bridgehead atoms. The number of nitrogens with one attached hydrogen (secondary N) is 1. The number of hydrogen-bond acceptors (Lipinski definition) is 2. The van der Waals surface area contributed by atoms with E-state index >= 15 is 0 Å². The monoisotopic (exact) mass is 247 g/mol. The van der Waals surface area contributed by atoms with Crippen molar-refractivity contribution >= 4 is 5.91 Å². The molecule has 1 rings (SSSR count). The van der Waals surface area contributed by atoms with Gasteiger partial charge in [-0.3, -0.25) is 4.79 Å². The Morgan fingerprint density at radius 3 is 2.83 bits per heavy atom. The van der Waals surface area contributed by atoms with Gasteiger partial charge in [0.2, 0.25) is 5.91 Å². The van der Waals surface area contributed by atoms with Crippen LogP contribution >= 0.6 is 0 Å². The van der Waals surface area contributed by atoms with Crippen molar-refractivity contribution in [3.05, 3.63) is 42.0 Å². The Hall–Kier alpha value is -1.77. The highest BCUT2D eigenvalue weighted by atomic mass is 16.5. The molecule has 1 amide bonds. The van der Waals surface area contributed by atoms with Crippen LogP contribution in [0.25, 0.3) is 0 Å². The van der Waals surface area contributed by atoms with Gasteiger partial charge in [0, 0.05) is 6.54 Å². The Labute approximate surface area is 109 Å². The molecule has 98 valence electrons. The molecule has 3 nitrogen and oxygen atoms in total. The van der Waals surface area contributed by atoms with Gasteiger partial charge < -0.3 is 10.1 Å². The minimum atomic E-state index is -0.120. The van der Waals surface area contributed by atoms with Gasteiger partial charge in [-0.2, -0.15) is 0 Å². The molecule has 0 saturated heterocycles. The fourth-order valence-electron chi connectivity index (χ4n) is 1.65. The van der Waals surface area contributed by atoms with Crippen molar-refractivity contribution in [2.75, 3.05) is 13.2 Å². The van der Waals surface area contributed by atoms with Crippen molar-refractivity contribution in [1.29, 1.82) is 0 Å². The van der Waals surface area contributed by atoms with E-state index in [-0.39, 0.29) is 5.91 Å². The number of ether oxygens (including phenoxy) is 1. The number of amides is 1. The van der Waals surface area contributed by atoms with E-state index in [0.717, 1.165) is 24.2 Å². The Morgan fingerprint density at radius 2 is 2.17 bits per heavy atom. The van der Waals surface area contributed by atoms with E-state index in [9.17, 15) is 4.79 Å². The molecule has 1 N–H and O–H groups in total. The van der Waals surface area contributed by atoms with Crippen LogP contribution in [0.1, 0.15) is 24.0 Å². The fourth-order valence-corrected chi connectivity index (χ4v) is 1.65. The molecular formula is C15H21NO2. The molecule has 18 heavy (non-hydrogen) atoms. The van der Waals surface area contributed by atoms with E-state index in [2.05, 4.69) is 24.9 Å². The molecule has 0 heterocycles. The highest BCUT2D eigenvalue weighted by molar-refractivity contribution is 5.86. The summed E-state index contributed by atoms with van der Waals surface area (Å²) in [5.41, 5.74) is 2.40. The van der Waals surface area contributed by atoms with Crippen molar-refractivity contribution in [2.24, 2.45) is 0 Å². The summed E-state index contributed by atoms with van der Waals surface area (Å²) in [5, 5.41) is 2.74. The van der Waals surface area contributed by atoms with Gasteiger partial charge >= 0.3 is 0 Å². The molecule has 0 fully saturated rings. The first kappa shape index (κ1) is 14.3. The fraction of sp³-hybridized carbons (Fsp3) is 0.400. The number of carbonyl (C=O) groups is 1. The van der Waals surface area contributed by atoms with Crippen LogP contribution in [0.15, 0.2) is 30.9 Å². The Bertz CT molecular complexity index is 413. The van der Waals surface area contributed by atoms with E-state index in [1.165, 1.54) is 11.6 Å². The second kappa shape index (κ2) is 7.54. The average Bonchev–Trinajstić information content (AvgIpc) is 2.35. The normalized spacial score (nSPS) is 9.89. The minimum Gasteiger partial charge on any atom is -0.493 e. The molecule has 0 atom stereocenters. The topological polar surface area (TPSA) is 38.3 Å². The van der Waals surface area contributed by atoms with E-state index in [0.29, 0.717) is 13.2 Å². The standard InChI is InChI=1S/C15H21NO2/c1-4-15(17)16-9-5-6-10-18-14-8-7-12(2)11-13(14)3/h4,7-8,11H,1,5-6,9-10H2,2-3H3,(H,16,17). The molecule has 3 heteroatoms. The molecule has 0 spiro atoms. The summed E-state index contributed by atoms with van der Waals surface area (Å²) in [5.74, 6) is 0.820. The summed E-state index contributed by atoms with van der Waals surface area (Å²) < 4.78 is 5.69. The Kier molecular flexibility index (Phi) is 5.98. The van der Waals surface area contributed by atoms with E-state index in [1.807, 2.05) is 19.1 Å². The predicted molar refractivity (Wildman–Crippen MR) is 73.9 cm³/mol. The molecular weight excluding hydrogens is 226 g/mol. The summed E-state index contributed by atoms with van der Waals surface area (Å²) in [7, 11) is 0. The van der Waals surface area contributed by atoms with Gasteiger partial charge in [0.1, 0.15) is 5.75 Å². The first-order valence-electron chi connectivity index (χ1n) is 6.24. The molecule has 1 aromatic rings. The highest BCUT2D eigenvalue weighted by Crippen LogP contribution is 2.18. The number of rotatable bonds is 7. The van der Waals surface area contributed by atoms with E-state index in [4.69, 9.17) is 4.74 Å². The second-order valence-electron chi connectivity index (χ2n) is 4.32. The predicted octanol–water partition coefficient (Wildman–Crippen LogP) is 2.76. The number of hydrogen-bond donors (Lipinski definition) is 1. The molecule has 0 aliphatic heterocycles. The summed E-state index contributed by atoms with van der Waals surface area (Å²) in [6, 6.07) is 6.16. The maximum absolute atomic E-state index is 10.9. The first-order chi connectivity index (χ1) is 8.63. The zero-order valence-corrected chi connectivity index (χ0v) is 11.2. The van der Waals surface area contributed by atoms with Crippen molar-refractivity contribution < 1.29 is 9.53 Å². The van der Waals surface area contributed by atoms with Crippen LogP contribution in [0.4, 0.5) is 0 Å². The van der Waals surface area contributed by atoms with Gasteiger partial charge in [-0.15, -0.1) is 0 Å². The van der Waals surface area contributed by atoms with Gasteiger partial charge in [-0.1, -0.05) is 24.3 Å². The largest absolute Gasteiger partial charge is 0.493 e. The van der Waals surface area contributed by atoms with Crippen molar-refractivity contribution in [3.8, 4) is 5.75 Å². The maximum atomic E-state index is 10.9. The number of benzene rings is 1. The summed E-state index contributed by atoms with van der Waals surface area (Å²) >= 11 is 0. The van der Waals surface area contributed by atoms with Gasteiger partial charge in [0.05, 0.1) is 6.61 Å². The summed E-state index contributed by atoms with van der Waals surface area (Å²) in [6.45, 7) is 8.85. The quantitative estimate of drug-likeness (QED) is 0.594. The lowest BCUT2D eigenvalue weighted by atomic mass is 10.1. The first-order valence-corrected chi connectivity index (χ1v) is 6.24. The molecule has 1 aromatic carbocycles. The molecule has 0 saturated carbocycles. The van der Waals surface area contributed by atoms with Crippen LogP contribution in [-0.4, -0.2) is 19.1 Å². The van der Waals surface area contributed by atoms with Crippen LogP contribution in [0.2, 0.25) is 0 Å². The number of unbranched alkanes of at least 4 members (excludes halogenated alkanes) is 1. The van der Waals surface area contributed by atoms with Gasteiger partial charge in [-0.05, 0) is 44.4 Å². The van der Waals surface area contributed by atoms with E-state index < -0.39 is 0 Å². The average molecular weight is 247 g/mol.